The van der Waals surface area contributed by atoms with Crippen LogP contribution in [0.1, 0.15) is 118 Å². The lowest BCUT2D eigenvalue weighted by atomic mass is 9.49. The second kappa shape index (κ2) is 18.7. The summed E-state index contributed by atoms with van der Waals surface area (Å²) in [5.74, 6) is 5.13. The van der Waals surface area contributed by atoms with Gasteiger partial charge in [-0.05, 0) is 129 Å². The first-order valence-electron chi connectivity index (χ1n) is 23.5. The van der Waals surface area contributed by atoms with Crippen LogP contribution in [0.5, 0.6) is 0 Å². The molecule has 0 aliphatic heterocycles. The molecule has 0 saturated heterocycles. The minimum absolute atomic E-state index is 0.122. The predicted octanol–water partition coefficient (Wildman–Crippen LogP) is 13.7. The summed E-state index contributed by atoms with van der Waals surface area (Å²) in [6, 6.07) is 42.6. The van der Waals surface area contributed by atoms with Gasteiger partial charge >= 0.3 is 0 Å². The SMILES string of the molecule is CC(C)CCC[C@@H](C)[C@H]1CC[C@H]2[C@H]3CCC=C4C[C@@H](OCCC(P(c5ccccc5)c5ccccc5)P(=O)(c5ccccc5)c5ccccc5)CC[C@]4(C)[C@H]3CC[C@]12C. The Balaban J connectivity index is 1.02. The van der Waals surface area contributed by atoms with Crippen LogP contribution < -0.4 is 21.2 Å². The highest BCUT2D eigenvalue weighted by molar-refractivity contribution is 7.92. The summed E-state index contributed by atoms with van der Waals surface area (Å²) in [6.07, 6.45) is 19.6. The van der Waals surface area contributed by atoms with Crippen LogP contribution in [0.2, 0.25) is 0 Å². The van der Waals surface area contributed by atoms with Gasteiger partial charge in [0.2, 0.25) is 0 Å². The summed E-state index contributed by atoms with van der Waals surface area (Å²) in [5.41, 5.74) is 2.51. The topological polar surface area (TPSA) is 26.3 Å². The van der Waals surface area contributed by atoms with Crippen molar-refractivity contribution in [3.05, 3.63) is 133 Å². The van der Waals surface area contributed by atoms with E-state index in [1.54, 1.807) is 5.57 Å². The molecule has 4 heteroatoms. The smallest absolute Gasteiger partial charge is 0.150 e. The summed E-state index contributed by atoms with van der Waals surface area (Å²) in [7, 11) is -4.13. The normalized spacial score (nSPS) is 29.2. The Kier molecular flexibility index (Phi) is 13.6. The number of fused-ring (bicyclic) bond motifs is 5. The molecule has 3 saturated carbocycles. The molecule has 3 fully saturated rings. The van der Waals surface area contributed by atoms with Crippen molar-refractivity contribution in [3.63, 3.8) is 0 Å². The molecule has 0 spiro atoms. The summed E-state index contributed by atoms with van der Waals surface area (Å²) >= 11 is 0. The molecule has 0 heterocycles. The number of rotatable bonds is 15. The molecule has 8 rings (SSSR count). The highest BCUT2D eigenvalue weighted by Gasteiger charge is 2.58. The first kappa shape index (κ1) is 42.9. The number of hydrogen-bond donors (Lipinski definition) is 0. The zero-order chi connectivity index (χ0) is 41.0. The van der Waals surface area contributed by atoms with Gasteiger partial charge in [0, 0.05) is 17.2 Å². The van der Waals surface area contributed by atoms with E-state index in [1.165, 1.54) is 74.8 Å². The molecule has 4 aliphatic rings. The van der Waals surface area contributed by atoms with Gasteiger partial charge in [0.05, 0.1) is 11.5 Å². The Labute approximate surface area is 359 Å². The maximum absolute atomic E-state index is 16.4. The Morgan fingerprint density at radius 1 is 0.678 bits per heavy atom. The molecule has 0 amide bonds. The van der Waals surface area contributed by atoms with Gasteiger partial charge < -0.3 is 9.30 Å². The van der Waals surface area contributed by atoms with E-state index in [0.717, 1.165) is 65.4 Å². The van der Waals surface area contributed by atoms with Gasteiger partial charge in [-0.25, -0.2) is 0 Å². The lowest BCUT2D eigenvalue weighted by Crippen LogP contribution is -2.48. The number of ether oxygens (including phenoxy) is 1. The third-order valence-corrected chi connectivity index (χ3v) is 23.8. The first-order valence-corrected chi connectivity index (χ1v) is 26.7. The Morgan fingerprint density at radius 2 is 1.27 bits per heavy atom. The highest BCUT2D eigenvalue weighted by Crippen LogP contribution is 2.67. The van der Waals surface area contributed by atoms with Crippen molar-refractivity contribution in [3.8, 4) is 0 Å². The van der Waals surface area contributed by atoms with Gasteiger partial charge in [0.1, 0.15) is 0 Å². The fourth-order valence-electron chi connectivity index (χ4n) is 13.3. The van der Waals surface area contributed by atoms with Crippen LogP contribution in [0.15, 0.2) is 133 Å². The van der Waals surface area contributed by atoms with E-state index in [1.807, 2.05) is 12.1 Å². The molecule has 314 valence electrons. The Hall–Kier alpha value is -2.76. The minimum atomic E-state index is -3.15. The summed E-state index contributed by atoms with van der Waals surface area (Å²) in [6.45, 7) is 13.4. The maximum Gasteiger partial charge on any atom is 0.150 e. The quantitative estimate of drug-likeness (QED) is 0.0881. The molecule has 4 aromatic rings. The van der Waals surface area contributed by atoms with Crippen molar-refractivity contribution in [2.24, 2.45) is 46.3 Å². The number of hydrogen-bond acceptors (Lipinski definition) is 2. The minimum Gasteiger partial charge on any atom is -0.378 e. The van der Waals surface area contributed by atoms with Crippen LogP contribution in [0.25, 0.3) is 0 Å². The van der Waals surface area contributed by atoms with Crippen LogP contribution in [0.4, 0.5) is 0 Å². The van der Waals surface area contributed by atoms with Crippen molar-refractivity contribution in [1.82, 2.24) is 0 Å². The van der Waals surface area contributed by atoms with Crippen LogP contribution in [-0.2, 0) is 9.30 Å². The fourth-order valence-corrected chi connectivity index (χ4v) is 21.2. The molecular formula is C55H72O2P2. The van der Waals surface area contributed by atoms with E-state index < -0.39 is 15.1 Å². The Morgan fingerprint density at radius 3 is 1.86 bits per heavy atom. The largest absolute Gasteiger partial charge is 0.378 e. The van der Waals surface area contributed by atoms with E-state index >= 15 is 4.57 Å². The second-order valence-electron chi connectivity index (χ2n) is 20.0. The van der Waals surface area contributed by atoms with Gasteiger partial charge in [-0.1, -0.05) is 187 Å². The molecule has 4 aromatic carbocycles. The average molecular weight is 827 g/mol. The molecular weight excluding hydrogens is 755 g/mol. The van der Waals surface area contributed by atoms with Crippen LogP contribution >= 0.6 is 15.1 Å². The molecule has 4 aliphatic carbocycles. The third-order valence-electron chi connectivity index (χ3n) is 16.3. The monoisotopic (exact) mass is 827 g/mol. The molecule has 0 radical (unpaired) electrons. The standard InChI is InChI=1S/C55H72O2P2/c1-41(2)20-18-21-42(3)50-32-33-51-49-31-19-22-43-40-44(34-37-54(43,4)52(49)35-38-55(50,51)5)57-39-36-53(58(45-23-10-6-11-24-45)46-25-12-7-13-26-46)59(56,47-27-14-8-15-28-47)48-29-16-9-17-30-48/h6-17,22-30,41-42,44,49-53H,18-21,31-40H2,1-5H3/t42-,44+,49-,50-,51+,52+,53?,54+,55-/m1/s1. The second-order valence-corrected chi connectivity index (χ2v) is 25.8. The molecule has 0 bridgehead atoms. The van der Waals surface area contributed by atoms with Crippen molar-refractivity contribution in [2.75, 3.05) is 6.61 Å². The van der Waals surface area contributed by atoms with Crippen molar-refractivity contribution < 1.29 is 9.30 Å². The zero-order valence-corrected chi connectivity index (χ0v) is 38.6. The van der Waals surface area contributed by atoms with Crippen molar-refractivity contribution >= 4 is 36.3 Å². The van der Waals surface area contributed by atoms with Gasteiger partial charge in [0.25, 0.3) is 0 Å². The van der Waals surface area contributed by atoms with Crippen LogP contribution in [-0.4, -0.2) is 18.1 Å². The van der Waals surface area contributed by atoms with E-state index in [9.17, 15) is 0 Å². The Bertz CT molecular complexity index is 1930. The average Bonchev–Trinajstić information content (AvgIpc) is 3.55. The van der Waals surface area contributed by atoms with Crippen molar-refractivity contribution in [2.45, 2.75) is 130 Å². The van der Waals surface area contributed by atoms with Crippen LogP contribution in [0, 0.1) is 46.3 Å². The highest BCUT2D eigenvalue weighted by atomic mass is 31.2. The first-order chi connectivity index (χ1) is 28.6. The van der Waals surface area contributed by atoms with Gasteiger partial charge in [-0.2, -0.15) is 0 Å². The van der Waals surface area contributed by atoms with Gasteiger partial charge in [-0.15, -0.1) is 0 Å². The molecule has 59 heavy (non-hydrogen) atoms. The molecule has 0 aromatic heterocycles. The van der Waals surface area contributed by atoms with E-state index in [0.29, 0.717) is 12.0 Å². The predicted molar refractivity (Wildman–Crippen MR) is 255 cm³/mol. The van der Waals surface area contributed by atoms with Gasteiger partial charge in [0.15, 0.2) is 7.14 Å². The maximum atomic E-state index is 16.4. The number of benzene rings is 4. The summed E-state index contributed by atoms with van der Waals surface area (Å²) < 4.78 is 23.5. The zero-order valence-electron chi connectivity index (χ0n) is 36.9. The summed E-state index contributed by atoms with van der Waals surface area (Å²) in [5, 5.41) is 4.31. The van der Waals surface area contributed by atoms with Gasteiger partial charge in [-0.3, -0.25) is 0 Å². The van der Waals surface area contributed by atoms with E-state index in [-0.39, 0.29) is 16.9 Å². The molecule has 1 unspecified atom stereocenters. The fraction of sp³-hybridized carbons (Fsp3) is 0.527. The van der Waals surface area contributed by atoms with Crippen molar-refractivity contribution in [1.29, 1.82) is 0 Å². The lowest BCUT2D eigenvalue weighted by molar-refractivity contribution is -0.0568. The third kappa shape index (κ3) is 8.69. The molecule has 0 N–H and O–H groups in total. The molecule has 9 atom stereocenters. The lowest BCUT2D eigenvalue weighted by Gasteiger charge is -2.56. The molecule has 2 nitrogen and oxygen atoms in total. The van der Waals surface area contributed by atoms with E-state index in [4.69, 9.17) is 4.74 Å². The van der Waals surface area contributed by atoms with Crippen LogP contribution in [0.3, 0.4) is 0 Å². The number of allylic oxidation sites excluding steroid dienone is 1. The van der Waals surface area contributed by atoms with E-state index in [2.05, 4.69) is 150 Å². The summed E-state index contributed by atoms with van der Waals surface area (Å²) in [4.78, 5) is 0.